The van der Waals surface area contributed by atoms with E-state index in [0.717, 1.165) is 11.8 Å². The van der Waals surface area contributed by atoms with E-state index in [0.29, 0.717) is 22.5 Å². The van der Waals surface area contributed by atoms with Crippen molar-refractivity contribution >= 4 is 40.2 Å². The summed E-state index contributed by atoms with van der Waals surface area (Å²) in [6.45, 7) is 16.4. The van der Waals surface area contributed by atoms with E-state index >= 15 is 0 Å². The molecule has 4 heteroatoms. The Morgan fingerprint density at radius 1 is 0.833 bits per heavy atom. The molecule has 0 saturated carbocycles. The molecular weight excluding hydrogens is 516 g/mol. The van der Waals surface area contributed by atoms with Gasteiger partial charge in [0.2, 0.25) is 8.32 Å². The van der Waals surface area contributed by atoms with Crippen molar-refractivity contribution in [3.8, 4) is 0 Å². The lowest BCUT2D eigenvalue weighted by molar-refractivity contribution is 0.159. The fraction of sp³-hybridized carbons (Fsp3) is 0.538. The topological polar surface area (TPSA) is 9.23 Å². The second-order valence-corrected chi connectivity index (χ2v) is 16.2. The van der Waals surface area contributed by atoms with Crippen LogP contribution in [0.4, 0.5) is 0 Å². The van der Waals surface area contributed by atoms with Crippen molar-refractivity contribution in [3.05, 3.63) is 69.7 Å². The minimum absolute atomic E-state index is 0.0972. The van der Waals surface area contributed by atoms with E-state index in [1.807, 2.05) is 0 Å². The molecule has 0 saturated heterocycles. The zero-order valence-corrected chi connectivity index (χ0v) is 23.8. The second-order valence-electron chi connectivity index (χ2n) is 9.40. The highest BCUT2D eigenvalue weighted by molar-refractivity contribution is 9.10. The first-order chi connectivity index (χ1) is 14.1. The van der Waals surface area contributed by atoms with E-state index in [1.54, 1.807) is 0 Å². The molecule has 0 spiro atoms. The van der Waals surface area contributed by atoms with Gasteiger partial charge in [-0.2, -0.15) is 0 Å². The Morgan fingerprint density at radius 2 is 1.40 bits per heavy atom. The van der Waals surface area contributed by atoms with E-state index in [2.05, 4.69) is 129 Å². The summed E-state index contributed by atoms with van der Waals surface area (Å²) in [6.07, 6.45) is 1.07. The van der Waals surface area contributed by atoms with Crippen molar-refractivity contribution in [2.24, 2.45) is 0 Å². The van der Waals surface area contributed by atoms with Crippen LogP contribution in [-0.4, -0.2) is 13.6 Å². The third kappa shape index (κ3) is 5.68. The molecule has 2 aromatic rings. The summed E-state index contributed by atoms with van der Waals surface area (Å²) in [4.78, 5) is 0. The lowest BCUT2D eigenvalue weighted by atomic mass is 9.91. The molecule has 0 aliphatic heterocycles. The number of rotatable bonds is 10. The summed E-state index contributed by atoms with van der Waals surface area (Å²) in [5, 5.41) is 0.918. The average Bonchev–Trinajstić information content (AvgIpc) is 2.70. The number of benzene rings is 2. The minimum atomic E-state index is -2.01. The molecule has 0 aliphatic rings. The largest absolute Gasteiger partial charge is 0.409 e. The third-order valence-corrected chi connectivity index (χ3v) is 14.5. The maximum absolute atomic E-state index is 7.34. The number of alkyl halides is 1. The molecule has 0 aromatic heterocycles. The summed E-state index contributed by atoms with van der Waals surface area (Å²) in [5.41, 5.74) is 5.64. The van der Waals surface area contributed by atoms with Crippen LogP contribution in [0.5, 0.6) is 0 Å². The van der Waals surface area contributed by atoms with Crippen molar-refractivity contribution in [1.29, 1.82) is 0 Å². The van der Waals surface area contributed by atoms with Gasteiger partial charge in [0.15, 0.2) is 0 Å². The van der Waals surface area contributed by atoms with Crippen LogP contribution in [0.25, 0.3) is 0 Å². The molecule has 0 aliphatic carbocycles. The first-order valence-electron chi connectivity index (χ1n) is 11.2. The summed E-state index contributed by atoms with van der Waals surface area (Å²) in [7, 11) is -2.01. The summed E-state index contributed by atoms with van der Waals surface area (Å²) < 4.78 is 8.56. The van der Waals surface area contributed by atoms with Crippen LogP contribution >= 0.6 is 31.9 Å². The van der Waals surface area contributed by atoms with E-state index in [-0.39, 0.29) is 6.10 Å². The molecule has 2 aromatic carbocycles. The number of aryl methyl sites for hydroxylation is 1. The quantitative estimate of drug-likeness (QED) is 0.210. The van der Waals surface area contributed by atoms with Gasteiger partial charge < -0.3 is 4.43 Å². The first kappa shape index (κ1) is 25.8. The van der Waals surface area contributed by atoms with Gasteiger partial charge in [-0.05, 0) is 52.6 Å². The number of halogens is 2. The summed E-state index contributed by atoms with van der Waals surface area (Å²) in [5.74, 6) is 0.377. The average molecular weight is 554 g/mol. The highest BCUT2D eigenvalue weighted by Gasteiger charge is 2.47. The van der Waals surface area contributed by atoms with Gasteiger partial charge in [-0.3, -0.25) is 0 Å². The molecule has 0 fully saturated rings. The van der Waals surface area contributed by atoms with Gasteiger partial charge in [-0.25, -0.2) is 0 Å². The molecule has 166 valence electrons. The Balaban J connectivity index is 2.49. The molecule has 2 atom stereocenters. The summed E-state index contributed by atoms with van der Waals surface area (Å²) >= 11 is 7.66. The van der Waals surface area contributed by atoms with Gasteiger partial charge in [-0.1, -0.05) is 122 Å². The van der Waals surface area contributed by atoms with E-state index in [1.165, 1.54) is 21.2 Å². The lowest BCUT2D eigenvalue weighted by Crippen LogP contribution is -2.48. The smallest absolute Gasteiger partial charge is 0.201 e. The molecule has 2 unspecified atom stereocenters. The molecule has 30 heavy (non-hydrogen) atoms. The van der Waals surface area contributed by atoms with Crippen LogP contribution in [0.2, 0.25) is 16.6 Å². The number of hydrogen-bond donors (Lipinski definition) is 0. The highest BCUT2D eigenvalue weighted by Crippen LogP contribution is 2.47. The zero-order valence-electron chi connectivity index (χ0n) is 19.6. The standard InChI is InChI=1S/C26H38Br2OSi/c1-18(2)30(19(3)4,20(5)6)29-25(22-13-9-8-10-14-22)16-23(17-27)24-15-11-12-21(7)26(24)28/h8-15,18-20,23,25H,16-17H2,1-7H3. The lowest BCUT2D eigenvalue weighted by Gasteiger charge is -2.45. The number of hydrogen-bond acceptors (Lipinski definition) is 1. The van der Waals surface area contributed by atoms with Crippen molar-refractivity contribution < 1.29 is 4.43 Å². The van der Waals surface area contributed by atoms with Crippen LogP contribution in [0.3, 0.4) is 0 Å². The molecule has 0 N–H and O–H groups in total. The van der Waals surface area contributed by atoms with Crippen LogP contribution < -0.4 is 0 Å². The van der Waals surface area contributed by atoms with Crippen molar-refractivity contribution in [2.45, 2.75) is 83.5 Å². The van der Waals surface area contributed by atoms with Crippen LogP contribution in [0.15, 0.2) is 53.0 Å². The van der Waals surface area contributed by atoms with Gasteiger partial charge in [0.25, 0.3) is 0 Å². The predicted octanol–water partition coefficient (Wildman–Crippen LogP) is 9.56. The van der Waals surface area contributed by atoms with Gasteiger partial charge in [0.1, 0.15) is 0 Å². The van der Waals surface area contributed by atoms with E-state index in [9.17, 15) is 0 Å². The van der Waals surface area contributed by atoms with Crippen LogP contribution in [-0.2, 0) is 4.43 Å². The maximum Gasteiger partial charge on any atom is 0.201 e. The molecule has 0 heterocycles. The van der Waals surface area contributed by atoms with Gasteiger partial charge in [-0.15, -0.1) is 0 Å². The first-order valence-corrected chi connectivity index (χ1v) is 15.2. The molecule has 2 rings (SSSR count). The normalized spacial score (nSPS) is 14.5. The van der Waals surface area contributed by atoms with Crippen LogP contribution in [0.1, 0.15) is 76.7 Å². The SMILES string of the molecule is Cc1cccc(C(CBr)CC(O[Si](C(C)C)(C(C)C)C(C)C)c2ccccc2)c1Br. The molecule has 0 radical (unpaired) electrons. The molecule has 0 amide bonds. The minimum Gasteiger partial charge on any atom is -0.409 e. The Labute approximate surface area is 202 Å². The monoisotopic (exact) mass is 552 g/mol. The Hall–Kier alpha value is -0.423. The Bertz CT molecular complexity index is 767. The Kier molecular flexibility index (Phi) is 9.86. The molecular formula is C26H38Br2OSi. The van der Waals surface area contributed by atoms with Crippen molar-refractivity contribution in [2.75, 3.05) is 5.33 Å². The van der Waals surface area contributed by atoms with Gasteiger partial charge >= 0.3 is 0 Å². The highest BCUT2D eigenvalue weighted by atomic mass is 79.9. The van der Waals surface area contributed by atoms with E-state index in [4.69, 9.17) is 4.43 Å². The van der Waals surface area contributed by atoms with Gasteiger partial charge in [0, 0.05) is 9.80 Å². The van der Waals surface area contributed by atoms with Crippen molar-refractivity contribution in [1.82, 2.24) is 0 Å². The Morgan fingerprint density at radius 3 is 1.90 bits per heavy atom. The van der Waals surface area contributed by atoms with Crippen molar-refractivity contribution in [3.63, 3.8) is 0 Å². The second kappa shape index (κ2) is 11.4. The third-order valence-electron chi connectivity index (χ3n) is 6.57. The fourth-order valence-corrected chi connectivity index (χ4v) is 11.8. The van der Waals surface area contributed by atoms with Crippen LogP contribution in [0, 0.1) is 6.92 Å². The predicted molar refractivity (Wildman–Crippen MR) is 141 cm³/mol. The van der Waals surface area contributed by atoms with E-state index < -0.39 is 8.32 Å². The van der Waals surface area contributed by atoms with Gasteiger partial charge in [0.05, 0.1) is 6.10 Å². The maximum atomic E-state index is 7.34. The fourth-order valence-electron chi connectivity index (χ4n) is 5.09. The summed E-state index contributed by atoms with van der Waals surface area (Å²) in [6, 6.07) is 17.4. The zero-order chi connectivity index (χ0) is 22.5. The molecule has 1 nitrogen and oxygen atoms in total. The molecule has 0 bridgehead atoms.